The van der Waals surface area contributed by atoms with E-state index < -0.39 is 17.6 Å². The Bertz CT molecular complexity index is 1050. The van der Waals surface area contributed by atoms with Crippen molar-refractivity contribution >= 4 is 40.5 Å². The van der Waals surface area contributed by atoms with Gasteiger partial charge in [0.25, 0.3) is 5.91 Å². The van der Waals surface area contributed by atoms with Crippen LogP contribution in [-0.2, 0) is 6.18 Å². The number of hydrogen-bond donors (Lipinski definition) is 2. The van der Waals surface area contributed by atoms with Crippen LogP contribution in [0.25, 0.3) is 0 Å². The predicted octanol–water partition coefficient (Wildman–Crippen LogP) is 5.93. The molecule has 0 aromatic heterocycles. The summed E-state index contributed by atoms with van der Waals surface area (Å²) in [6.07, 6.45) is -4.63. The second-order valence-electron chi connectivity index (χ2n) is 6.06. The van der Waals surface area contributed by atoms with Gasteiger partial charge in [0.05, 0.1) is 5.56 Å². The van der Waals surface area contributed by atoms with Crippen LogP contribution >= 0.6 is 23.2 Å². The summed E-state index contributed by atoms with van der Waals surface area (Å²) in [5.41, 5.74) is 3.35. The molecule has 1 amide bonds. The number of quaternary nitrogens is 1. The lowest BCUT2D eigenvalue weighted by atomic mass is 10.1. The summed E-state index contributed by atoms with van der Waals surface area (Å²) in [6.45, 7) is 0. The van der Waals surface area contributed by atoms with Crippen LogP contribution in [0.4, 0.5) is 24.5 Å². The van der Waals surface area contributed by atoms with E-state index in [1.165, 1.54) is 30.3 Å². The first-order valence-corrected chi connectivity index (χ1v) is 8.96. The minimum atomic E-state index is -4.63. The van der Waals surface area contributed by atoms with Gasteiger partial charge in [-0.2, -0.15) is 13.2 Å². The number of nitrogens with one attached hydrogen (secondary N) is 1. The van der Waals surface area contributed by atoms with Gasteiger partial charge < -0.3 is 15.8 Å². The fourth-order valence-corrected chi connectivity index (χ4v) is 2.73. The van der Waals surface area contributed by atoms with Crippen LogP contribution in [0.1, 0.15) is 15.9 Å². The Labute approximate surface area is 174 Å². The maximum Gasteiger partial charge on any atom is 0.416 e. The van der Waals surface area contributed by atoms with Crippen molar-refractivity contribution < 1.29 is 28.4 Å². The molecular formula is C20H14Cl2F3N2O2+. The summed E-state index contributed by atoms with van der Waals surface area (Å²) >= 11 is 11.7. The van der Waals surface area contributed by atoms with Crippen LogP contribution in [0, 0.1) is 0 Å². The van der Waals surface area contributed by atoms with E-state index in [0.717, 1.165) is 12.1 Å². The van der Waals surface area contributed by atoms with Gasteiger partial charge in [-0.3, -0.25) is 4.79 Å². The van der Waals surface area contributed by atoms with Gasteiger partial charge in [0, 0.05) is 28.4 Å². The molecule has 3 rings (SSSR count). The van der Waals surface area contributed by atoms with Crippen LogP contribution in [0.5, 0.6) is 11.5 Å². The number of carbonyl (C=O) groups is 1. The summed E-state index contributed by atoms with van der Waals surface area (Å²) in [5.74, 6) is -0.420. The average Bonchev–Trinajstić information content (AvgIpc) is 2.65. The van der Waals surface area contributed by atoms with Gasteiger partial charge in [-0.25, -0.2) is 0 Å². The Balaban J connectivity index is 1.91. The third-order valence-electron chi connectivity index (χ3n) is 3.86. The number of alkyl halides is 3. The van der Waals surface area contributed by atoms with E-state index in [4.69, 9.17) is 27.9 Å². The summed E-state index contributed by atoms with van der Waals surface area (Å²) in [5, 5.41) is 3.16. The van der Waals surface area contributed by atoms with Gasteiger partial charge in [0.2, 0.25) is 0 Å². The van der Waals surface area contributed by atoms with Gasteiger partial charge in [0.15, 0.2) is 0 Å². The number of benzene rings is 3. The number of amides is 1. The zero-order chi connectivity index (χ0) is 21.2. The first-order chi connectivity index (χ1) is 13.6. The second-order valence-corrected chi connectivity index (χ2v) is 6.90. The van der Waals surface area contributed by atoms with Crippen molar-refractivity contribution in [2.24, 2.45) is 0 Å². The Morgan fingerprint density at radius 3 is 2.24 bits per heavy atom. The van der Waals surface area contributed by atoms with E-state index >= 15 is 0 Å². The highest BCUT2D eigenvalue weighted by atomic mass is 35.5. The van der Waals surface area contributed by atoms with Crippen LogP contribution in [0.3, 0.4) is 0 Å². The molecular weight excluding hydrogens is 428 g/mol. The summed E-state index contributed by atoms with van der Waals surface area (Å²) in [6, 6.07) is 13.5. The normalized spacial score (nSPS) is 11.2. The molecule has 0 heterocycles. The highest BCUT2D eigenvalue weighted by molar-refractivity contribution is 6.33. The maximum atomic E-state index is 13.3. The van der Waals surface area contributed by atoms with Gasteiger partial charge in [-0.15, -0.1) is 0 Å². The number of hydrogen-bond acceptors (Lipinski definition) is 2. The zero-order valence-electron chi connectivity index (χ0n) is 14.7. The largest absolute Gasteiger partial charge is 0.457 e. The molecule has 0 saturated carbocycles. The monoisotopic (exact) mass is 441 g/mol. The molecule has 0 radical (unpaired) electrons. The van der Waals surface area contributed by atoms with Crippen LogP contribution in [-0.4, -0.2) is 5.91 Å². The quantitative estimate of drug-likeness (QED) is 0.526. The SMILES string of the molecule is [NH3+]c1ccc(C(=O)Nc2cc(Oc3ccc(Cl)cc3)cc(C(F)(F)F)c2)cc1Cl. The first-order valence-electron chi connectivity index (χ1n) is 8.20. The highest BCUT2D eigenvalue weighted by Crippen LogP contribution is 2.36. The van der Waals surface area contributed by atoms with Crippen LogP contribution < -0.4 is 15.8 Å². The summed E-state index contributed by atoms with van der Waals surface area (Å²) in [4.78, 5) is 12.4. The molecule has 3 aromatic rings. The third-order valence-corrected chi connectivity index (χ3v) is 4.46. The lowest BCUT2D eigenvalue weighted by Gasteiger charge is -2.14. The van der Waals surface area contributed by atoms with E-state index in [9.17, 15) is 18.0 Å². The highest BCUT2D eigenvalue weighted by Gasteiger charge is 2.31. The number of rotatable bonds is 4. The van der Waals surface area contributed by atoms with E-state index in [1.54, 1.807) is 18.2 Å². The van der Waals surface area contributed by atoms with Gasteiger partial charge in [0.1, 0.15) is 22.2 Å². The van der Waals surface area contributed by atoms with Gasteiger partial charge in [-0.1, -0.05) is 23.2 Å². The number of ether oxygens (including phenoxy) is 1. The third kappa shape index (κ3) is 5.41. The molecule has 0 aliphatic heterocycles. The first kappa shape index (κ1) is 21.0. The predicted molar refractivity (Wildman–Crippen MR) is 105 cm³/mol. The number of carbonyl (C=O) groups excluding carboxylic acids is 1. The minimum absolute atomic E-state index is 0.0800. The average molecular weight is 442 g/mol. The molecule has 0 atom stereocenters. The molecule has 0 bridgehead atoms. The minimum Gasteiger partial charge on any atom is -0.457 e. The summed E-state index contributed by atoms with van der Waals surface area (Å²) in [7, 11) is 0. The Hall–Kier alpha value is -2.74. The Kier molecular flexibility index (Phi) is 6.02. The topological polar surface area (TPSA) is 66.0 Å². The van der Waals surface area contributed by atoms with Crippen molar-refractivity contribution in [3.8, 4) is 11.5 Å². The molecule has 4 nitrogen and oxygen atoms in total. The Morgan fingerprint density at radius 2 is 1.62 bits per heavy atom. The van der Waals surface area contributed by atoms with Crippen molar-refractivity contribution in [1.29, 1.82) is 0 Å². The van der Waals surface area contributed by atoms with Crippen molar-refractivity contribution in [3.63, 3.8) is 0 Å². The standard InChI is InChI=1S/C20H13Cl2F3N2O2/c21-13-2-4-15(5-3-13)29-16-9-12(20(23,24)25)8-14(10-16)27-19(28)11-1-6-18(26)17(22)7-11/h1-10H,26H2,(H,27,28)/p+1. The Morgan fingerprint density at radius 1 is 0.931 bits per heavy atom. The zero-order valence-corrected chi connectivity index (χ0v) is 16.2. The van der Waals surface area contributed by atoms with E-state index in [2.05, 4.69) is 11.1 Å². The van der Waals surface area contributed by atoms with Crippen molar-refractivity contribution in [2.75, 3.05) is 5.32 Å². The maximum absolute atomic E-state index is 13.3. The van der Waals surface area contributed by atoms with E-state index in [1.807, 2.05) is 0 Å². The molecule has 4 N–H and O–H groups in total. The number of halogens is 5. The molecule has 0 aliphatic carbocycles. The molecule has 150 valence electrons. The molecule has 0 spiro atoms. The number of anilines is 1. The molecule has 9 heteroatoms. The fraction of sp³-hybridized carbons (Fsp3) is 0.0500. The van der Waals surface area contributed by atoms with Crippen LogP contribution in [0.2, 0.25) is 10.0 Å². The lowest BCUT2D eigenvalue weighted by molar-refractivity contribution is -0.254. The molecule has 0 fully saturated rings. The molecule has 3 aromatic carbocycles. The molecule has 29 heavy (non-hydrogen) atoms. The van der Waals surface area contributed by atoms with Crippen molar-refractivity contribution in [2.45, 2.75) is 6.18 Å². The van der Waals surface area contributed by atoms with E-state index in [-0.39, 0.29) is 22.0 Å². The molecule has 0 unspecified atom stereocenters. The van der Waals surface area contributed by atoms with Gasteiger partial charge in [-0.05, 0) is 48.5 Å². The summed E-state index contributed by atoms with van der Waals surface area (Å²) < 4.78 is 45.4. The van der Waals surface area contributed by atoms with Gasteiger partial charge >= 0.3 is 6.18 Å². The van der Waals surface area contributed by atoms with E-state index in [0.29, 0.717) is 16.5 Å². The lowest BCUT2D eigenvalue weighted by Crippen LogP contribution is -2.40. The fourth-order valence-electron chi connectivity index (χ4n) is 2.42. The van der Waals surface area contributed by atoms with Crippen molar-refractivity contribution in [1.82, 2.24) is 0 Å². The molecule has 0 saturated heterocycles. The second kappa shape index (κ2) is 8.32. The smallest absolute Gasteiger partial charge is 0.416 e. The van der Waals surface area contributed by atoms with Crippen molar-refractivity contribution in [3.05, 3.63) is 81.8 Å². The molecule has 0 aliphatic rings. The van der Waals surface area contributed by atoms with Crippen LogP contribution in [0.15, 0.2) is 60.7 Å².